The fourth-order valence-electron chi connectivity index (χ4n) is 5.40. The number of aryl methyl sites for hydroxylation is 1. The van der Waals surface area contributed by atoms with E-state index >= 15 is 0 Å². The number of hydrogen-bond acceptors (Lipinski definition) is 6. The summed E-state index contributed by atoms with van der Waals surface area (Å²) in [6, 6.07) is 11.9. The summed E-state index contributed by atoms with van der Waals surface area (Å²) in [6.07, 6.45) is 3.44. The number of hydrogen-bond donors (Lipinski definition) is 0. The highest BCUT2D eigenvalue weighted by molar-refractivity contribution is 6.16. The SMILES string of the molecule is COc1cc2c(=O)n(CCCN3CCCC3)c3c4cc5c(cc4ccc3c2cc1OC)OCO5. The highest BCUT2D eigenvalue weighted by atomic mass is 16.7. The number of rotatable bonds is 6. The van der Waals surface area contributed by atoms with Gasteiger partial charge in [-0.25, -0.2) is 0 Å². The molecule has 7 nitrogen and oxygen atoms in total. The molecule has 3 aromatic carbocycles. The molecular formula is C27H28N2O5. The maximum Gasteiger partial charge on any atom is 0.259 e. The van der Waals surface area contributed by atoms with E-state index in [-0.39, 0.29) is 12.4 Å². The van der Waals surface area contributed by atoms with E-state index in [1.807, 2.05) is 22.8 Å². The van der Waals surface area contributed by atoms with Gasteiger partial charge in [0.05, 0.1) is 25.1 Å². The van der Waals surface area contributed by atoms with E-state index in [4.69, 9.17) is 18.9 Å². The molecule has 0 N–H and O–H groups in total. The van der Waals surface area contributed by atoms with Gasteiger partial charge in [0.1, 0.15) is 0 Å². The van der Waals surface area contributed by atoms with Crippen LogP contribution in [0.15, 0.2) is 41.2 Å². The molecule has 1 fully saturated rings. The van der Waals surface area contributed by atoms with Gasteiger partial charge in [-0.3, -0.25) is 4.79 Å². The first kappa shape index (κ1) is 21.1. The Balaban J connectivity index is 1.61. The van der Waals surface area contributed by atoms with Crippen LogP contribution in [0.3, 0.4) is 0 Å². The third-order valence-electron chi connectivity index (χ3n) is 7.10. The predicted molar refractivity (Wildman–Crippen MR) is 133 cm³/mol. The van der Waals surface area contributed by atoms with Crippen LogP contribution in [0.5, 0.6) is 23.0 Å². The van der Waals surface area contributed by atoms with Crippen LogP contribution < -0.4 is 24.5 Å². The molecule has 3 heterocycles. The number of aromatic nitrogens is 1. The summed E-state index contributed by atoms with van der Waals surface area (Å²) in [5.41, 5.74) is 0.900. The quantitative estimate of drug-likeness (QED) is 0.394. The van der Waals surface area contributed by atoms with Crippen molar-refractivity contribution in [2.45, 2.75) is 25.8 Å². The molecule has 2 aliphatic rings. The average molecular weight is 461 g/mol. The van der Waals surface area contributed by atoms with Crippen LogP contribution in [-0.2, 0) is 6.54 Å². The number of pyridine rings is 1. The van der Waals surface area contributed by atoms with Crippen LogP contribution in [-0.4, -0.2) is 50.1 Å². The molecule has 1 saturated heterocycles. The van der Waals surface area contributed by atoms with Crippen molar-refractivity contribution in [3.05, 3.63) is 46.8 Å². The summed E-state index contributed by atoms with van der Waals surface area (Å²) in [5, 5.41) is 4.49. The first-order valence-electron chi connectivity index (χ1n) is 11.8. The van der Waals surface area contributed by atoms with Gasteiger partial charge in [0, 0.05) is 22.7 Å². The van der Waals surface area contributed by atoms with Crippen molar-refractivity contribution in [2.75, 3.05) is 40.6 Å². The maximum atomic E-state index is 13.9. The predicted octanol–water partition coefficient (Wildman–Crippen LogP) is 4.54. The molecule has 0 atom stereocenters. The van der Waals surface area contributed by atoms with Gasteiger partial charge in [0.25, 0.3) is 5.56 Å². The number of fused-ring (bicyclic) bond motifs is 6. The van der Waals surface area contributed by atoms with Gasteiger partial charge in [0.2, 0.25) is 6.79 Å². The zero-order valence-electron chi connectivity index (χ0n) is 19.6. The van der Waals surface area contributed by atoms with Crippen molar-refractivity contribution in [3.63, 3.8) is 0 Å². The van der Waals surface area contributed by atoms with E-state index in [1.54, 1.807) is 20.3 Å². The van der Waals surface area contributed by atoms with Crippen LogP contribution in [0.1, 0.15) is 19.3 Å². The van der Waals surface area contributed by atoms with Crippen molar-refractivity contribution in [1.82, 2.24) is 9.47 Å². The standard InChI is InChI=1S/C27H28N2O5/c1-31-22-14-20-18-7-6-17-12-24-25(34-16-33-24)13-19(17)26(18)29(11-5-10-28-8-3-4-9-28)27(30)21(20)15-23(22)32-2/h6-7,12-15H,3-5,8-11,16H2,1-2H3. The zero-order chi connectivity index (χ0) is 23.2. The smallest absolute Gasteiger partial charge is 0.259 e. The molecule has 1 aromatic heterocycles. The van der Waals surface area contributed by atoms with Crippen molar-refractivity contribution in [3.8, 4) is 23.0 Å². The highest BCUT2D eigenvalue weighted by Crippen LogP contribution is 2.41. The van der Waals surface area contributed by atoms with E-state index in [0.717, 1.165) is 58.9 Å². The summed E-state index contributed by atoms with van der Waals surface area (Å²) in [6.45, 7) is 4.15. The van der Waals surface area contributed by atoms with Gasteiger partial charge in [-0.15, -0.1) is 0 Å². The van der Waals surface area contributed by atoms with Crippen molar-refractivity contribution < 1.29 is 18.9 Å². The normalized spacial score (nSPS) is 15.6. The zero-order valence-corrected chi connectivity index (χ0v) is 19.6. The lowest BCUT2D eigenvalue weighted by Crippen LogP contribution is -2.25. The van der Waals surface area contributed by atoms with Crippen molar-refractivity contribution in [1.29, 1.82) is 0 Å². The van der Waals surface area contributed by atoms with E-state index in [0.29, 0.717) is 29.2 Å². The molecule has 176 valence electrons. The van der Waals surface area contributed by atoms with Crippen LogP contribution in [0.25, 0.3) is 32.4 Å². The summed E-state index contributed by atoms with van der Waals surface area (Å²) in [4.78, 5) is 16.4. The molecule has 34 heavy (non-hydrogen) atoms. The minimum atomic E-state index is -0.0185. The van der Waals surface area contributed by atoms with Crippen molar-refractivity contribution >= 4 is 32.4 Å². The van der Waals surface area contributed by atoms with E-state index in [2.05, 4.69) is 17.0 Å². The van der Waals surface area contributed by atoms with Gasteiger partial charge in [-0.2, -0.15) is 0 Å². The monoisotopic (exact) mass is 460 g/mol. The molecule has 0 aliphatic carbocycles. The summed E-state index contributed by atoms with van der Waals surface area (Å²) >= 11 is 0. The molecule has 0 spiro atoms. The van der Waals surface area contributed by atoms with Gasteiger partial charge in [-0.05, 0) is 68.5 Å². The van der Waals surface area contributed by atoms with Gasteiger partial charge in [-0.1, -0.05) is 12.1 Å². The van der Waals surface area contributed by atoms with Crippen LogP contribution in [0, 0.1) is 0 Å². The van der Waals surface area contributed by atoms with Gasteiger partial charge < -0.3 is 28.4 Å². The fraction of sp³-hybridized carbons (Fsp3) is 0.370. The summed E-state index contributed by atoms with van der Waals surface area (Å²) in [5.74, 6) is 2.61. The average Bonchev–Trinajstić information content (AvgIpc) is 3.55. The maximum absolute atomic E-state index is 13.9. The van der Waals surface area contributed by atoms with E-state index in [9.17, 15) is 4.79 Å². The highest BCUT2D eigenvalue weighted by Gasteiger charge is 2.20. The Morgan fingerprint density at radius 1 is 0.824 bits per heavy atom. The molecule has 4 aromatic rings. The molecule has 0 radical (unpaired) electrons. The fourth-order valence-corrected chi connectivity index (χ4v) is 5.40. The van der Waals surface area contributed by atoms with E-state index < -0.39 is 0 Å². The Morgan fingerprint density at radius 3 is 2.26 bits per heavy atom. The van der Waals surface area contributed by atoms with Gasteiger partial charge >= 0.3 is 0 Å². The van der Waals surface area contributed by atoms with Crippen LogP contribution in [0.2, 0.25) is 0 Å². The Bertz CT molecular complexity index is 1470. The molecular weight excluding hydrogens is 432 g/mol. The lowest BCUT2D eigenvalue weighted by atomic mass is 9.99. The van der Waals surface area contributed by atoms with E-state index in [1.165, 1.54) is 12.8 Å². The minimum absolute atomic E-state index is 0.0185. The first-order valence-corrected chi connectivity index (χ1v) is 11.8. The molecule has 0 saturated carbocycles. The molecule has 2 aliphatic heterocycles. The Morgan fingerprint density at radius 2 is 1.53 bits per heavy atom. The number of ether oxygens (including phenoxy) is 4. The number of benzene rings is 3. The molecule has 0 bridgehead atoms. The Labute approximate surface area is 197 Å². The lowest BCUT2D eigenvalue weighted by Gasteiger charge is -2.19. The topological polar surface area (TPSA) is 62.2 Å². The Hall–Kier alpha value is -3.45. The molecule has 0 unspecified atom stereocenters. The summed E-state index contributed by atoms with van der Waals surface area (Å²) < 4.78 is 24.3. The second kappa shape index (κ2) is 8.40. The first-order chi connectivity index (χ1) is 16.7. The second-order valence-corrected chi connectivity index (χ2v) is 9.00. The third-order valence-corrected chi connectivity index (χ3v) is 7.10. The Kier molecular flexibility index (Phi) is 5.21. The van der Waals surface area contributed by atoms with Crippen molar-refractivity contribution in [2.24, 2.45) is 0 Å². The number of likely N-dealkylation sites (tertiary alicyclic amines) is 1. The van der Waals surface area contributed by atoms with Crippen LogP contribution in [0.4, 0.5) is 0 Å². The number of methoxy groups -OCH3 is 2. The summed E-state index contributed by atoms with van der Waals surface area (Å²) in [7, 11) is 3.21. The van der Waals surface area contributed by atoms with Crippen LogP contribution >= 0.6 is 0 Å². The second-order valence-electron chi connectivity index (χ2n) is 9.00. The number of nitrogens with zero attached hydrogens (tertiary/aromatic N) is 2. The minimum Gasteiger partial charge on any atom is -0.493 e. The molecule has 7 heteroatoms. The largest absolute Gasteiger partial charge is 0.493 e. The molecule has 6 rings (SSSR count). The third kappa shape index (κ3) is 3.34. The lowest BCUT2D eigenvalue weighted by molar-refractivity contribution is 0.174. The van der Waals surface area contributed by atoms with Gasteiger partial charge in [0.15, 0.2) is 23.0 Å². The molecule has 0 amide bonds.